The number of nitrogens with zero attached hydrogens (tertiary/aromatic N) is 2. The second-order valence-electron chi connectivity index (χ2n) is 5.48. The minimum absolute atomic E-state index is 0.424. The smallest absolute Gasteiger partial charge is 0.343 e. The van der Waals surface area contributed by atoms with Gasteiger partial charge in [-0.3, -0.25) is 0 Å². The molecular formula is C20H14N2O3. The van der Waals surface area contributed by atoms with Crippen LogP contribution in [0.5, 0.6) is 11.5 Å². The van der Waals surface area contributed by atoms with E-state index >= 15 is 0 Å². The molecule has 122 valence electrons. The lowest BCUT2D eigenvalue weighted by Crippen LogP contribution is -2.08. The Morgan fingerprint density at radius 2 is 1.36 bits per heavy atom. The van der Waals surface area contributed by atoms with Gasteiger partial charge in [-0.05, 0) is 54.6 Å². The Morgan fingerprint density at radius 3 is 2.04 bits per heavy atom. The van der Waals surface area contributed by atoms with Crippen molar-refractivity contribution >= 4 is 28.0 Å². The van der Waals surface area contributed by atoms with Crippen LogP contribution in [0.3, 0.4) is 0 Å². The molecule has 3 aromatic carbocycles. The number of ether oxygens (including phenoxy) is 2. The molecule has 0 amide bonds. The Hall–Kier alpha value is -3.47. The van der Waals surface area contributed by atoms with Crippen molar-refractivity contribution in [1.82, 2.24) is 9.97 Å². The van der Waals surface area contributed by atoms with Crippen molar-refractivity contribution in [3.05, 3.63) is 72.3 Å². The first kappa shape index (κ1) is 15.1. The highest BCUT2D eigenvalue weighted by Gasteiger charge is 2.11. The summed E-state index contributed by atoms with van der Waals surface area (Å²) in [6, 6.07) is 19.6. The second kappa shape index (κ2) is 6.20. The van der Waals surface area contributed by atoms with Crippen molar-refractivity contribution in [1.29, 1.82) is 0 Å². The van der Waals surface area contributed by atoms with Gasteiger partial charge in [0.05, 0.1) is 34.7 Å². The Bertz CT molecular complexity index is 1080. The third kappa shape index (κ3) is 2.99. The summed E-state index contributed by atoms with van der Waals surface area (Å²) in [6.45, 7) is 0. The van der Waals surface area contributed by atoms with Crippen LogP contribution in [0, 0.1) is 0 Å². The van der Waals surface area contributed by atoms with Gasteiger partial charge in [0.15, 0.2) is 0 Å². The van der Waals surface area contributed by atoms with Gasteiger partial charge in [0.1, 0.15) is 11.5 Å². The normalized spacial score (nSPS) is 10.8. The van der Waals surface area contributed by atoms with Crippen molar-refractivity contribution in [3.63, 3.8) is 0 Å². The van der Waals surface area contributed by atoms with E-state index in [1.807, 2.05) is 24.3 Å². The minimum atomic E-state index is -0.443. The van der Waals surface area contributed by atoms with Crippen LogP contribution >= 0.6 is 0 Å². The van der Waals surface area contributed by atoms with Crippen molar-refractivity contribution < 1.29 is 14.3 Å². The number of methoxy groups -OCH3 is 1. The predicted octanol–water partition coefficient (Wildman–Crippen LogP) is 4.01. The summed E-state index contributed by atoms with van der Waals surface area (Å²) in [5.41, 5.74) is 3.43. The molecule has 0 N–H and O–H groups in total. The number of aromatic nitrogens is 2. The molecule has 5 heteroatoms. The summed E-state index contributed by atoms with van der Waals surface area (Å²) in [5.74, 6) is 0.713. The number of esters is 1. The molecule has 4 rings (SSSR count). The highest BCUT2D eigenvalue weighted by molar-refractivity contribution is 5.96. The maximum atomic E-state index is 12.4. The van der Waals surface area contributed by atoms with Crippen molar-refractivity contribution in [2.75, 3.05) is 7.11 Å². The first-order valence-corrected chi connectivity index (χ1v) is 7.76. The van der Waals surface area contributed by atoms with Crippen molar-refractivity contribution in [2.45, 2.75) is 0 Å². The van der Waals surface area contributed by atoms with Crippen LogP contribution in [0.1, 0.15) is 10.4 Å². The van der Waals surface area contributed by atoms with Crippen molar-refractivity contribution in [3.8, 4) is 11.5 Å². The van der Waals surface area contributed by atoms with Gasteiger partial charge in [-0.1, -0.05) is 12.1 Å². The lowest BCUT2D eigenvalue weighted by Gasteiger charge is -2.06. The SMILES string of the molecule is COc1ccc(OC(=O)c2ccc3nc4ccccc4nc3c2)cc1. The molecule has 0 bridgehead atoms. The standard InChI is InChI=1S/C20H14N2O3/c1-24-14-7-9-15(10-8-14)25-20(23)13-6-11-18-19(12-13)22-17-5-3-2-4-16(17)21-18/h2-12H,1H3. The van der Waals surface area contributed by atoms with E-state index in [4.69, 9.17) is 9.47 Å². The van der Waals surface area contributed by atoms with Crippen LogP contribution in [-0.2, 0) is 0 Å². The average Bonchev–Trinajstić information content (AvgIpc) is 2.66. The Balaban J connectivity index is 1.65. The summed E-state index contributed by atoms with van der Waals surface area (Å²) in [6.07, 6.45) is 0. The molecule has 0 unspecified atom stereocenters. The molecule has 0 aliphatic carbocycles. The highest BCUT2D eigenvalue weighted by Crippen LogP contribution is 2.20. The van der Waals surface area contributed by atoms with Gasteiger partial charge in [0.2, 0.25) is 0 Å². The molecule has 1 heterocycles. The van der Waals surface area contributed by atoms with E-state index < -0.39 is 5.97 Å². The third-order valence-corrected chi connectivity index (χ3v) is 3.84. The van der Waals surface area contributed by atoms with Crippen LogP contribution in [-0.4, -0.2) is 23.0 Å². The van der Waals surface area contributed by atoms with Gasteiger partial charge >= 0.3 is 5.97 Å². The number of para-hydroxylation sites is 2. The molecule has 0 aliphatic rings. The van der Waals surface area contributed by atoms with Gasteiger partial charge < -0.3 is 9.47 Å². The van der Waals surface area contributed by atoms with Gasteiger partial charge in [0.25, 0.3) is 0 Å². The van der Waals surface area contributed by atoms with Gasteiger partial charge in [0, 0.05) is 0 Å². The second-order valence-corrected chi connectivity index (χ2v) is 5.48. The molecule has 0 atom stereocenters. The molecule has 0 aliphatic heterocycles. The quantitative estimate of drug-likeness (QED) is 0.323. The van der Waals surface area contributed by atoms with Crippen LogP contribution < -0.4 is 9.47 Å². The zero-order valence-electron chi connectivity index (χ0n) is 13.5. The van der Waals surface area contributed by atoms with Crippen LogP contribution in [0.2, 0.25) is 0 Å². The molecule has 4 aromatic rings. The van der Waals surface area contributed by atoms with Crippen LogP contribution in [0.4, 0.5) is 0 Å². The molecule has 0 fully saturated rings. The molecule has 0 saturated heterocycles. The fourth-order valence-electron chi connectivity index (χ4n) is 2.56. The molecule has 0 saturated carbocycles. The lowest BCUT2D eigenvalue weighted by molar-refractivity contribution is 0.0735. The number of carbonyl (C=O) groups is 1. The maximum Gasteiger partial charge on any atom is 0.343 e. The van der Waals surface area contributed by atoms with Gasteiger partial charge in [-0.25, -0.2) is 14.8 Å². The summed E-state index contributed by atoms with van der Waals surface area (Å²) >= 11 is 0. The maximum absolute atomic E-state index is 12.4. The molecule has 25 heavy (non-hydrogen) atoms. The number of benzene rings is 3. The molecule has 0 spiro atoms. The Morgan fingerprint density at radius 1 is 0.760 bits per heavy atom. The minimum Gasteiger partial charge on any atom is -0.497 e. The highest BCUT2D eigenvalue weighted by atomic mass is 16.5. The molecular weight excluding hydrogens is 316 g/mol. The Labute approximate surface area is 143 Å². The number of rotatable bonds is 3. The summed E-state index contributed by atoms with van der Waals surface area (Å²) in [4.78, 5) is 21.5. The third-order valence-electron chi connectivity index (χ3n) is 3.84. The van der Waals surface area contributed by atoms with E-state index in [1.54, 1.807) is 49.6 Å². The molecule has 5 nitrogen and oxygen atoms in total. The van der Waals surface area contributed by atoms with Crippen LogP contribution in [0.15, 0.2) is 66.7 Å². The van der Waals surface area contributed by atoms with E-state index in [9.17, 15) is 4.79 Å². The number of fused-ring (bicyclic) bond motifs is 2. The first-order chi connectivity index (χ1) is 12.2. The molecule has 1 aromatic heterocycles. The monoisotopic (exact) mass is 330 g/mol. The molecule has 0 radical (unpaired) electrons. The average molecular weight is 330 g/mol. The van der Waals surface area contributed by atoms with E-state index in [0.29, 0.717) is 22.6 Å². The van der Waals surface area contributed by atoms with E-state index in [2.05, 4.69) is 9.97 Å². The topological polar surface area (TPSA) is 61.3 Å². The predicted molar refractivity (Wildman–Crippen MR) is 95.0 cm³/mol. The zero-order chi connectivity index (χ0) is 17.2. The summed E-state index contributed by atoms with van der Waals surface area (Å²) < 4.78 is 10.5. The number of hydrogen-bond donors (Lipinski definition) is 0. The zero-order valence-corrected chi connectivity index (χ0v) is 13.5. The van der Waals surface area contributed by atoms with E-state index in [1.165, 1.54) is 0 Å². The van der Waals surface area contributed by atoms with E-state index in [0.717, 1.165) is 16.6 Å². The number of carbonyl (C=O) groups excluding carboxylic acids is 1. The van der Waals surface area contributed by atoms with Gasteiger partial charge in [-0.2, -0.15) is 0 Å². The number of hydrogen-bond acceptors (Lipinski definition) is 5. The summed E-state index contributed by atoms with van der Waals surface area (Å²) in [5, 5.41) is 0. The largest absolute Gasteiger partial charge is 0.497 e. The van der Waals surface area contributed by atoms with Crippen molar-refractivity contribution in [2.24, 2.45) is 0 Å². The van der Waals surface area contributed by atoms with Gasteiger partial charge in [-0.15, -0.1) is 0 Å². The van der Waals surface area contributed by atoms with Crippen LogP contribution in [0.25, 0.3) is 22.1 Å². The van der Waals surface area contributed by atoms with E-state index in [-0.39, 0.29) is 0 Å². The summed E-state index contributed by atoms with van der Waals surface area (Å²) in [7, 11) is 1.58. The Kier molecular flexibility index (Phi) is 3.74. The fourth-order valence-corrected chi connectivity index (χ4v) is 2.56. The fraction of sp³-hybridized carbons (Fsp3) is 0.0500. The lowest BCUT2D eigenvalue weighted by atomic mass is 10.2. The first-order valence-electron chi connectivity index (χ1n) is 7.76.